The summed E-state index contributed by atoms with van der Waals surface area (Å²) in [6.45, 7) is 1.78. The Labute approximate surface area is 180 Å². The second-order valence-corrected chi connectivity index (χ2v) is 9.55. The second-order valence-electron chi connectivity index (χ2n) is 6.64. The number of ether oxygens (including phenoxy) is 2. The van der Waals surface area contributed by atoms with Crippen molar-refractivity contribution < 1.29 is 26.8 Å². The first kappa shape index (κ1) is 19.5. The molecule has 8 nitrogen and oxygen atoms in total. The number of rotatable bonds is 5. The van der Waals surface area contributed by atoms with Gasteiger partial charge in [0.2, 0.25) is 12.6 Å². The lowest BCUT2D eigenvalue weighted by Gasteiger charge is -2.08. The van der Waals surface area contributed by atoms with Crippen LogP contribution in [0.2, 0.25) is 0 Å². The molecule has 0 unspecified atom stereocenters. The number of benzene rings is 2. The van der Waals surface area contributed by atoms with E-state index < -0.39 is 15.8 Å². The second kappa shape index (κ2) is 7.36. The third-order valence-corrected chi connectivity index (χ3v) is 7.18. The molecule has 1 aliphatic rings. The minimum atomic E-state index is -3.87. The first-order valence-electron chi connectivity index (χ1n) is 9.02. The summed E-state index contributed by atoms with van der Waals surface area (Å²) in [5, 5.41) is 3.87. The van der Waals surface area contributed by atoms with Crippen molar-refractivity contribution in [1.82, 2.24) is 10.1 Å². The number of nitrogens with one attached hydrogen (secondary N) is 1. The highest BCUT2D eigenvalue weighted by molar-refractivity contribution is 7.93. The van der Waals surface area contributed by atoms with Gasteiger partial charge < -0.3 is 14.0 Å². The van der Waals surface area contributed by atoms with E-state index in [-0.39, 0.29) is 23.4 Å². The Morgan fingerprint density at radius 3 is 2.77 bits per heavy atom. The van der Waals surface area contributed by atoms with Crippen LogP contribution in [-0.4, -0.2) is 25.4 Å². The molecule has 0 spiro atoms. The molecule has 31 heavy (non-hydrogen) atoms. The van der Waals surface area contributed by atoms with Crippen molar-refractivity contribution in [1.29, 1.82) is 0 Å². The molecule has 1 N–H and O–H groups in total. The van der Waals surface area contributed by atoms with E-state index in [2.05, 4.69) is 14.9 Å². The Morgan fingerprint density at radius 2 is 1.94 bits per heavy atom. The van der Waals surface area contributed by atoms with Gasteiger partial charge in [-0.25, -0.2) is 12.8 Å². The molecule has 0 saturated heterocycles. The van der Waals surface area contributed by atoms with Crippen LogP contribution >= 0.6 is 11.3 Å². The largest absolute Gasteiger partial charge is 0.454 e. The van der Waals surface area contributed by atoms with Crippen molar-refractivity contribution in [3.8, 4) is 33.7 Å². The number of hydrogen-bond acceptors (Lipinski definition) is 8. The quantitative estimate of drug-likeness (QED) is 0.470. The highest BCUT2D eigenvalue weighted by atomic mass is 32.2. The molecule has 0 radical (unpaired) electrons. The van der Waals surface area contributed by atoms with Crippen molar-refractivity contribution >= 4 is 27.0 Å². The van der Waals surface area contributed by atoms with E-state index in [1.54, 1.807) is 37.3 Å². The van der Waals surface area contributed by atoms with E-state index in [1.165, 1.54) is 29.5 Å². The van der Waals surface area contributed by atoms with Crippen LogP contribution in [0.25, 0.3) is 22.2 Å². The maximum atomic E-state index is 13.4. The number of anilines is 1. The minimum absolute atomic E-state index is 0.0932. The van der Waals surface area contributed by atoms with Crippen molar-refractivity contribution in [2.45, 2.75) is 11.8 Å². The summed E-state index contributed by atoms with van der Waals surface area (Å²) >= 11 is 1.20. The monoisotopic (exact) mass is 459 g/mol. The first-order chi connectivity index (χ1) is 14.9. The lowest BCUT2D eigenvalue weighted by Crippen LogP contribution is -2.13. The number of hydrogen-bond donors (Lipinski definition) is 1. The van der Waals surface area contributed by atoms with Crippen molar-refractivity contribution in [3.63, 3.8) is 0 Å². The Morgan fingerprint density at radius 1 is 1.10 bits per heavy atom. The molecule has 158 valence electrons. The third-order valence-electron chi connectivity index (χ3n) is 4.51. The van der Waals surface area contributed by atoms with Gasteiger partial charge in [-0.2, -0.15) is 4.98 Å². The zero-order valence-corrected chi connectivity index (χ0v) is 17.6. The zero-order valence-electron chi connectivity index (χ0n) is 16.0. The van der Waals surface area contributed by atoms with Crippen LogP contribution in [0.15, 0.2) is 57.9 Å². The first-order valence-corrected chi connectivity index (χ1v) is 11.3. The molecule has 0 bridgehead atoms. The summed E-state index contributed by atoms with van der Waals surface area (Å²) < 4.78 is 57.7. The smallest absolute Gasteiger partial charge is 0.268 e. The Hall–Kier alpha value is -3.44. The molecular weight excluding hydrogens is 445 g/mol. The molecule has 1 aliphatic heterocycles. The number of fused-ring (bicyclic) bond motifs is 1. The van der Waals surface area contributed by atoms with Gasteiger partial charge in [0.15, 0.2) is 11.5 Å². The zero-order chi connectivity index (χ0) is 21.6. The summed E-state index contributed by atoms with van der Waals surface area (Å²) in [6.07, 6.45) is 0. The Balaban J connectivity index is 1.43. The van der Waals surface area contributed by atoms with Crippen LogP contribution in [0.1, 0.15) is 4.88 Å². The predicted molar refractivity (Wildman–Crippen MR) is 111 cm³/mol. The summed E-state index contributed by atoms with van der Waals surface area (Å²) in [5.41, 5.74) is 0.808. The molecule has 0 saturated carbocycles. The van der Waals surface area contributed by atoms with E-state index in [4.69, 9.17) is 14.0 Å². The van der Waals surface area contributed by atoms with E-state index in [1.807, 2.05) is 0 Å². The fourth-order valence-corrected chi connectivity index (χ4v) is 5.64. The fraction of sp³-hybridized carbons (Fsp3) is 0.100. The van der Waals surface area contributed by atoms with Gasteiger partial charge in [0.05, 0.1) is 10.6 Å². The molecule has 0 atom stereocenters. The number of halogens is 1. The molecule has 0 aliphatic carbocycles. The predicted octanol–water partition coefficient (Wildman–Crippen LogP) is 4.44. The molecular formula is C20H14FN3O5S2. The molecule has 3 heterocycles. The van der Waals surface area contributed by atoms with Crippen LogP contribution in [-0.2, 0) is 10.0 Å². The number of thiophene rings is 1. The van der Waals surface area contributed by atoms with Gasteiger partial charge in [-0.05, 0) is 37.3 Å². The van der Waals surface area contributed by atoms with Crippen LogP contribution < -0.4 is 14.2 Å². The number of aryl methyl sites for hydroxylation is 1. The fourth-order valence-electron chi connectivity index (χ4n) is 3.08. The average Bonchev–Trinajstić information content (AvgIpc) is 3.46. The van der Waals surface area contributed by atoms with E-state index in [0.717, 1.165) is 0 Å². The minimum Gasteiger partial charge on any atom is -0.454 e. The van der Waals surface area contributed by atoms with Crippen LogP contribution in [0.5, 0.6) is 11.5 Å². The molecule has 11 heteroatoms. The van der Waals surface area contributed by atoms with E-state index in [0.29, 0.717) is 32.5 Å². The van der Waals surface area contributed by atoms with Gasteiger partial charge in [0.1, 0.15) is 10.7 Å². The van der Waals surface area contributed by atoms with Crippen LogP contribution in [0.3, 0.4) is 0 Å². The van der Waals surface area contributed by atoms with Gasteiger partial charge in [0.25, 0.3) is 15.9 Å². The van der Waals surface area contributed by atoms with Crippen molar-refractivity contribution in [3.05, 3.63) is 59.2 Å². The topological polar surface area (TPSA) is 104 Å². The van der Waals surface area contributed by atoms with Gasteiger partial charge in [-0.15, -0.1) is 11.3 Å². The maximum absolute atomic E-state index is 13.4. The van der Waals surface area contributed by atoms with Crippen molar-refractivity contribution in [2.75, 3.05) is 11.5 Å². The summed E-state index contributed by atoms with van der Waals surface area (Å²) in [4.78, 5) is 5.40. The van der Waals surface area contributed by atoms with E-state index >= 15 is 0 Å². The van der Waals surface area contributed by atoms with E-state index in [9.17, 15) is 12.8 Å². The van der Waals surface area contributed by atoms with Crippen LogP contribution in [0, 0.1) is 12.7 Å². The Bertz CT molecular complexity index is 1400. The lowest BCUT2D eigenvalue weighted by atomic mass is 10.2. The van der Waals surface area contributed by atoms with Gasteiger partial charge in [0, 0.05) is 16.5 Å². The number of aromatic nitrogens is 2. The lowest BCUT2D eigenvalue weighted by molar-refractivity contribution is 0.174. The molecule has 2 aromatic heterocycles. The molecule has 0 amide bonds. The Kier molecular flexibility index (Phi) is 4.63. The standard InChI is InChI=1S/C20H14FN3O5S2/c1-11-18(31(25,26)24-14-5-6-15-16(8-14)28-10-27-15)9-17(30-11)20-22-19(23-29-20)12-3-2-4-13(21)7-12/h2-9,24H,10H2,1H3. The van der Waals surface area contributed by atoms with Crippen molar-refractivity contribution in [2.24, 2.45) is 0 Å². The third kappa shape index (κ3) is 3.73. The molecule has 5 rings (SSSR count). The van der Waals surface area contributed by atoms with Crippen LogP contribution in [0.4, 0.5) is 10.1 Å². The van der Waals surface area contributed by atoms with Gasteiger partial charge in [-0.3, -0.25) is 4.72 Å². The van der Waals surface area contributed by atoms with Gasteiger partial charge >= 0.3 is 0 Å². The maximum Gasteiger partial charge on any atom is 0.268 e. The number of sulfonamides is 1. The normalized spacial score (nSPS) is 12.8. The SMILES string of the molecule is Cc1sc(-c2nc(-c3cccc(F)c3)no2)cc1S(=O)(=O)Nc1ccc2c(c1)OCO2. The molecule has 4 aromatic rings. The summed E-state index contributed by atoms with van der Waals surface area (Å²) in [6, 6.07) is 12.1. The summed E-state index contributed by atoms with van der Waals surface area (Å²) in [7, 11) is -3.87. The van der Waals surface area contributed by atoms with Gasteiger partial charge in [-0.1, -0.05) is 17.3 Å². The number of nitrogens with zero attached hydrogens (tertiary/aromatic N) is 2. The average molecular weight is 459 g/mol. The molecule has 0 fully saturated rings. The highest BCUT2D eigenvalue weighted by Gasteiger charge is 2.24. The summed E-state index contributed by atoms with van der Waals surface area (Å²) in [5.74, 6) is 0.972. The highest BCUT2D eigenvalue weighted by Crippen LogP contribution is 2.37. The molecule has 2 aromatic carbocycles.